The van der Waals surface area contributed by atoms with Crippen molar-refractivity contribution in [2.45, 2.75) is 25.0 Å². The van der Waals surface area contributed by atoms with Gasteiger partial charge in [-0.2, -0.15) is 23.5 Å². The number of carbonyl (C=O) groups is 1. The lowest BCUT2D eigenvalue weighted by Crippen LogP contribution is -2.33. The molecule has 21 heavy (non-hydrogen) atoms. The van der Waals surface area contributed by atoms with Crippen LogP contribution in [0.3, 0.4) is 0 Å². The Balaban J connectivity index is 1.98. The molecule has 0 bridgehead atoms. The highest BCUT2D eigenvalue weighted by molar-refractivity contribution is 8.06. The third-order valence-corrected chi connectivity index (χ3v) is 6.12. The van der Waals surface area contributed by atoms with Crippen molar-refractivity contribution in [3.05, 3.63) is 23.4 Å². The van der Waals surface area contributed by atoms with Crippen LogP contribution in [0.5, 0.6) is 0 Å². The maximum atomic E-state index is 12.3. The van der Waals surface area contributed by atoms with Crippen LogP contribution in [-0.2, 0) is 6.42 Å². The number of thioether (sulfide) groups is 2. The van der Waals surface area contributed by atoms with Gasteiger partial charge in [0.25, 0.3) is 5.91 Å². The number of aromatic nitrogens is 1. The molecule has 2 N–H and O–H groups in total. The van der Waals surface area contributed by atoms with Gasteiger partial charge in [0.2, 0.25) is 0 Å². The van der Waals surface area contributed by atoms with Crippen molar-refractivity contribution in [3.8, 4) is 0 Å². The largest absolute Gasteiger partial charge is 0.373 e. The average molecular weight is 326 g/mol. The van der Waals surface area contributed by atoms with Crippen LogP contribution < -0.4 is 10.6 Å². The van der Waals surface area contributed by atoms with Crippen LogP contribution >= 0.6 is 23.5 Å². The molecule has 1 aliphatic heterocycles. The van der Waals surface area contributed by atoms with E-state index in [1.807, 2.05) is 42.7 Å². The van der Waals surface area contributed by atoms with Crippen LogP contribution in [0.25, 0.3) is 0 Å². The number of nitrogens with zero attached hydrogens (tertiary/aromatic N) is 1. The van der Waals surface area contributed by atoms with E-state index < -0.39 is 0 Å². The fourth-order valence-electron chi connectivity index (χ4n) is 2.19. The van der Waals surface area contributed by atoms with E-state index in [1.54, 1.807) is 0 Å². The van der Waals surface area contributed by atoms with Crippen molar-refractivity contribution in [1.29, 1.82) is 0 Å². The molecule has 0 saturated carbocycles. The SMILES string of the molecule is CCCc1cc(C(=O)NCC2CSCCS2)cc(NC)n1. The minimum atomic E-state index is 0.00225. The highest BCUT2D eigenvalue weighted by atomic mass is 32.2. The molecule has 1 amide bonds. The van der Waals surface area contributed by atoms with Gasteiger partial charge in [-0.3, -0.25) is 4.79 Å². The Bertz CT molecular complexity index is 476. The standard InChI is InChI=1S/C15H23N3OS2/c1-3-4-12-7-11(8-14(16-2)18-12)15(19)17-9-13-10-20-5-6-21-13/h7-8,13H,3-6,9-10H2,1-2H3,(H,16,18)(H,17,19). The molecule has 4 nitrogen and oxygen atoms in total. The van der Waals surface area contributed by atoms with Crippen molar-refractivity contribution < 1.29 is 4.79 Å². The summed E-state index contributed by atoms with van der Waals surface area (Å²) in [7, 11) is 1.83. The molecule has 0 aromatic carbocycles. The Morgan fingerprint density at radius 1 is 1.43 bits per heavy atom. The third-order valence-electron chi connectivity index (χ3n) is 3.28. The molecule has 1 atom stereocenters. The first-order valence-electron chi connectivity index (χ1n) is 7.39. The van der Waals surface area contributed by atoms with Gasteiger partial charge in [-0.25, -0.2) is 4.98 Å². The lowest BCUT2D eigenvalue weighted by Gasteiger charge is -2.21. The molecular formula is C15H23N3OS2. The van der Waals surface area contributed by atoms with E-state index in [9.17, 15) is 4.79 Å². The highest BCUT2D eigenvalue weighted by Gasteiger charge is 2.16. The van der Waals surface area contributed by atoms with Gasteiger partial charge in [0.15, 0.2) is 0 Å². The second-order valence-corrected chi connectivity index (χ2v) is 7.57. The number of nitrogens with one attached hydrogen (secondary N) is 2. The monoisotopic (exact) mass is 325 g/mol. The summed E-state index contributed by atoms with van der Waals surface area (Å²) in [5, 5.41) is 6.62. The second kappa shape index (κ2) is 8.54. The van der Waals surface area contributed by atoms with Crippen molar-refractivity contribution in [2.24, 2.45) is 0 Å². The van der Waals surface area contributed by atoms with Crippen molar-refractivity contribution >= 4 is 35.2 Å². The van der Waals surface area contributed by atoms with Gasteiger partial charge in [0.05, 0.1) is 0 Å². The lowest BCUT2D eigenvalue weighted by atomic mass is 10.1. The summed E-state index contributed by atoms with van der Waals surface area (Å²) in [6.07, 6.45) is 1.92. The lowest BCUT2D eigenvalue weighted by molar-refractivity contribution is 0.0954. The first-order chi connectivity index (χ1) is 10.2. The second-order valence-electron chi connectivity index (χ2n) is 5.01. The average Bonchev–Trinajstić information content (AvgIpc) is 2.53. The Hall–Kier alpha value is -0.880. The summed E-state index contributed by atoms with van der Waals surface area (Å²) in [5.41, 5.74) is 1.67. The van der Waals surface area contributed by atoms with Gasteiger partial charge in [-0.15, -0.1) is 0 Å². The number of amides is 1. The van der Waals surface area contributed by atoms with E-state index in [1.165, 1.54) is 11.5 Å². The summed E-state index contributed by atoms with van der Waals surface area (Å²) in [4.78, 5) is 16.8. The minimum absolute atomic E-state index is 0.00225. The van der Waals surface area contributed by atoms with Crippen molar-refractivity contribution in [3.63, 3.8) is 0 Å². The zero-order valence-electron chi connectivity index (χ0n) is 12.6. The fraction of sp³-hybridized carbons (Fsp3) is 0.600. The summed E-state index contributed by atoms with van der Waals surface area (Å²) in [6, 6.07) is 3.72. The number of hydrogen-bond acceptors (Lipinski definition) is 5. The van der Waals surface area contributed by atoms with E-state index >= 15 is 0 Å². The minimum Gasteiger partial charge on any atom is -0.373 e. The van der Waals surface area contributed by atoms with Crippen LogP contribution in [0.2, 0.25) is 0 Å². The van der Waals surface area contributed by atoms with E-state index in [-0.39, 0.29) is 5.91 Å². The highest BCUT2D eigenvalue weighted by Crippen LogP contribution is 2.23. The molecule has 1 aromatic heterocycles. The Morgan fingerprint density at radius 3 is 2.95 bits per heavy atom. The molecule has 0 spiro atoms. The Kier molecular flexibility index (Phi) is 6.70. The number of carbonyl (C=O) groups excluding carboxylic acids is 1. The molecule has 1 aromatic rings. The topological polar surface area (TPSA) is 54.0 Å². The number of anilines is 1. The molecule has 1 fully saturated rings. The predicted molar refractivity (Wildman–Crippen MR) is 93.7 cm³/mol. The number of aryl methyl sites for hydroxylation is 1. The molecule has 0 aliphatic carbocycles. The van der Waals surface area contributed by atoms with E-state index in [2.05, 4.69) is 22.5 Å². The van der Waals surface area contributed by atoms with Gasteiger partial charge in [-0.05, 0) is 18.6 Å². The molecule has 2 rings (SSSR count). The van der Waals surface area contributed by atoms with Crippen molar-refractivity contribution in [2.75, 3.05) is 36.2 Å². The molecule has 2 heterocycles. The zero-order valence-corrected chi connectivity index (χ0v) is 14.3. The maximum Gasteiger partial charge on any atom is 0.251 e. The molecule has 6 heteroatoms. The molecule has 0 radical (unpaired) electrons. The summed E-state index contributed by atoms with van der Waals surface area (Å²) in [6.45, 7) is 2.86. The van der Waals surface area contributed by atoms with Gasteiger partial charge in [-0.1, -0.05) is 13.3 Å². The number of pyridine rings is 1. The zero-order chi connectivity index (χ0) is 15.1. The maximum absolute atomic E-state index is 12.3. The molecule has 1 unspecified atom stereocenters. The van der Waals surface area contributed by atoms with E-state index in [0.717, 1.165) is 36.7 Å². The number of hydrogen-bond donors (Lipinski definition) is 2. The van der Waals surface area contributed by atoms with Crippen LogP contribution in [0.1, 0.15) is 29.4 Å². The fourth-order valence-corrected chi connectivity index (χ4v) is 4.81. The summed E-state index contributed by atoms with van der Waals surface area (Å²) in [5.74, 6) is 4.30. The smallest absolute Gasteiger partial charge is 0.251 e. The van der Waals surface area contributed by atoms with Gasteiger partial charge >= 0.3 is 0 Å². The van der Waals surface area contributed by atoms with Crippen LogP contribution in [-0.4, -0.2) is 47.0 Å². The Morgan fingerprint density at radius 2 is 2.29 bits per heavy atom. The predicted octanol–water partition coefficient (Wildman–Crippen LogP) is 2.65. The first kappa shape index (κ1) is 16.5. The van der Waals surface area contributed by atoms with E-state index in [4.69, 9.17) is 0 Å². The quantitative estimate of drug-likeness (QED) is 0.842. The van der Waals surface area contributed by atoms with Crippen LogP contribution in [0, 0.1) is 0 Å². The van der Waals surface area contributed by atoms with Gasteiger partial charge in [0.1, 0.15) is 5.82 Å². The summed E-state index contributed by atoms with van der Waals surface area (Å²) < 4.78 is 0. The van der Waals surface area contributed by atoms with Gasteiger partial charge < -0.3 is 10.6 Å². The normalized spacial score (nSPS) is 18.3. The molecule has 1 aliphatic rings. The first-order valence-corrected chi connectivity index (χ1v) is 9.59. The molecule has 116 valence electrons. The van der Waals surface area contributed by atoms with Gasteiger partial charge in [0, 0.05) is 47.4 Å². The molecular weight excluding hydrogens is 302 g/mol. The van der Waals surface area contributed by atoms with Crippen LogP contribution in [0.15, 0.2) is 12.1 Å². The molecule has 1 saturated heterocycles. The number of rotatable bonds is 6. The Labute approximate surface area is 135 Å². The van der Waals surface area contributed by atoms with E-state index in [0.29, 0.717) is 10.8 Å². The van der Waals surface area contributed by atoms with Crippen LogP contribution in [0.4, 0.5) is 5.82 Å². The van der Waals surface area contributed by atoms with Crippen molar-refractivity contribution in [1.82, 2.24) is 10.3 Å². The third kappa shape index (κ3) is 5.11. The summed E-state index contributed by atoms with van der Waals surface area (Å²) >= 11 is 3.93.